The minimum atomic E-state index is -0.820. The number of nitrogens with two attached hydrogens (primary N) is 1. The Morgan fingerprint density at radius 1 is 1.15 bits per heavy atom. The molecule has 0 radical (unpaired) electrons. The number of nitrogens with zero attached hydrogens (tertiary/aromatic N) is 2. The molecular weight excluding hydrogens is 421 g/mol. The second kappa shape index (κ2) is 9.37. The van der Waals surface area contributed by atoms with Crippen LogP contribution in [0.3, 0.4) is 0 Å². The highest BCUT2D eigenvalue weighted by molar-refractivity contribution is 5.92. The first-order valence-electron chi connectivity index (χ1n) is 10.2. The first-order chi connectivity index (χ1) is 16.0. The van der Waals surface area contributed by atoms with Gasteiger partial charge in [0.05, 0.1) is 11.5 Å². The molecule has 0 bridgehead atoms. The first-order valence-corrected chi connectivity index (χ1v) is 10.2. The number of hydrogen-bond acceptors (Lipinski definition) is 6. The van der Waals surface area contributed by atoms with Crippen molar-refractivity contribution >= 4 is 5.97 Å². The fourth-order valence-corrected chi connectivity index (χ4v) is 3.70. The molecule has 6 nitrogen and oxygen atoms in total. The van der Waals surface area contributed by atoms with Gasteiger partial charge >= 0.3 is 5.97 Å². The number of hydrogen-bond donors (Lipinski definition) is 1. The zero-order valence-electron chi connectivity index (χ0n) is 17.8. The maximum Gasteiger partial charge on any atom is 0.338 e. The maximum absolute atomic E-state index is 13.3. The van der Waals surface area contributed by atoms with E-state index in [0.29, 0.717) is 11.1 Å². The van der Waals surface area contributed by atoms with Crippen LogP contribution in [0, 0.1) is 17.1 Å². The predicted octanol–water partition coefficient (Wildman–Crippen LogP) is 4.71. The van der Waals surface area contributed by atoms with E-state index >= 15 is 0 Å². The number of ether oxygens (including phenoxy) is 2. The summed E-state index contributed by atoms with van der Waals surface area (Å²) in [5, 5.41) is 9.80. The smallest absolute Gasteiger partial charge is 0.338 e. The van der Waals surface area contributed by atoms with E-state index in [1.54, 1.807) is 37.5 Å². The summed E-state index contributed by atoms with van der Waals surface area (Å²) in [5.74, 6) is -1.61. The molecule has 2 heterocycles. The molecule has 2 aromatic carbocycles. The van der Waals surface area contributed by atoms with Gasteiger partial charge in [0.1, 0.15) is 29.8 Å². The van der Waals surface area contributed by atoms with Crippen LogP contribution in [-0.4, -0.2) is 11.0 Å². The van der Waals surface area contributed by atoms with E-state index in [9.17, 15) is 14.4 Å². The Labute approximate surface area is 190 Å². The summed E-state index contributed by atoms with van der Waals surface area (Å²) in [7, 11) is 0. The Balaban J connectivity index is 1.72. The van der Waals surface area contributed by atoms with Crippen LogP contribution in [0.5, 0.6) is 0 Å². The Kier molecular flexibility index (Phi) is 6.18. The summed E-state index contributed by atoms with van der Waals surface area (Å²) in [5.41, 5.74) is 9.08. The van der Waals surface area contributed by atoms with Crippen molar-refractivity contribution < 1.29 is 18.7 Å². The number of halogens is 1. The van der Waals surface area contributed by atoms with Gasteiger partial charge in [0.2, 0.25) is 5.88 Å². The van der Waals surface area contributed by atoms with Crippen LogP contribution >= 0.6 is 0 Å². The highest BCUT2D eigenvalue weighted by atomic mass is 19.1. The number of carbonyl (C=O) groups is 1. The molecule has 0 spiro atoms. The molecule has 1 aliphatic heterocycles. The van der Waals surface area contributed by atoms with E-state index in [-0.39, 0.29) is 35.2 Å². The summed E-state index contributed by atoms with van der Waals surface area (Å²) >= 11 is 0. The van der Waals surface area contributed by atoms with Crippen LogP contribution < -0.4 is 5.73 Å². The number of carbonyl (C=O) groups excluding carboxylic acids is 1. The number of esters is 1. The van der Waals surface area contributed by atoms with E-state index in [1.165, 1.54) is 12.1 Å². The van der Waals surface area contributed by atoms with E-state index in [0.717, 1.165) is 11.1 Å². The summed E-state index contributed by atoms with van der Waals surface area (Å²) in [6.45, 7) is 1.67. The molecule has 2 N–H and O–H groups in total. The van der Waals surface area contributed by atoms with Crippen LogP contribution in [0.4, 0.5) is 4.39 Å². The predicted molar refractivity (Wildman–Crippen MR) is 119 cm³/mol. The van der Waals surface area contributed by atoms with Gasteiger partial charge in [-0.1, -0.05) is 42.5 Å². The second-order valence-electron chi connectivity index (χ2n) is 7.47. The molecule has 33 heavy (non-hydrogen) atoms. The lowest BCUT2D eigenvalue weighted by molar-refractivity contribution is -0.140. The lowest BCUT2D eigenvalue weighted by Gasteiger charge is -2.27. The van der Waals surface area contributed by atoms with E-state index in [4.69, 9.17) is 15.2 Å². The lowest BCUT2D eigenvalue weighted by atomic mass is 9.83. The fraction of sp³-hybridized carbons (Fsp3) is 0.115. The highest BCUT2D eigenvalue weighted by Gasteiger charge is 2.36. The number of nitriles is 1. The van der Waals surface area contributed by atoms with Crippen molar-refractivity contribution in [2.75, 3.05) is 0 Å². The minimum Gasteiger partial charge on any atom is -0.457 e. The van der Waals surface area contributed by atoms with Crippen LogP contribution in [0.2, 0.25) is 0 Å². The second-order valence-corrected chi connectivity index (χ2v) is 7.47. The van der Waals surface area contributed by atoms with Crippen molar-refractivity contribution in [3.63, 3.8) is 0 Å². The normalized spacial score (nSPS) is 15.6. The Morgan fingerprint density at radius 3 is 2.58 bits per heavy atom. The quantitative estimate of drug-likeness (QED) is 0.576. The summed E-state index contributed by atoms with van der Waals surface area (Å²) in [6, 6.07) is 19.1. The number of rotatable bonds is 5. The number of pyridine rings is 1. The zero-order valence-corrected chi connectivity index (χ0v) is 17.8. The van der Waals surface area contributed by atoms with Crippen LogP contribution in [-0.2, 0) is 20.9 Å². The zero-order chi connectivity index (χ0) is 23.4. The molecule has 0 saturated carbocycles. The van der Waals surface area contributed by atoms with E-state index < -0.39 is 11.9 Å². The summed E-state index contributed by atoms with van der Waals surface area (Å²) in [4.78, 5) is 17.4. The fourth-order valence-electron chi connectivity index (χ4n) is 3.70. The molecule has 4 rings (SSSR count). The Morgan fingerprint density at radius 2 is 1.88 bits per heavy atom. The molecule has 1 aromatic heterocycles. The molecule has 0 saturated heterocycles. The van der Waals surface area contributed by atoms with Gasteiger partial charge in [-0.05, 0) is 41.8 Å². The standard InChI is InChI=1S/C26H20FN3O3/c1-16-23(26(31)32-15-17-5-3-2-4-6-17)24(22(12-28)25(29)33-16)20-11-19(13-30-14-20)18-7-9-21(27)10-8-18/h2-11,13-14,24H,15,29H2,1H3. The van der Waals surface area contributed by atoms with Crippen molar-refractivity contribution in [3.8, 4) is 17.2 Å². The molecule has 3 aromatic rings. The highest BCUT2D eigenvalue weighted by Crippen LogP contribution is 2.40. The molecule has 7 heteroatoms. The van der Waals surface area contributed by atoms with Crippen molar-refractivity contribution in [1.29, 1.82) is 5.26 Å². The molecule has 1 aliphatic rings. The average Bonchev–Trinajstić information content (AvgIpc) is 2.83. The number of benzene rings is 2. The van der Waals surface area contributed by atoms with Gasteiger partial charge in [-0.2, -0.15) is 5.26 Å². The van der Waals surface area contributed by atoms with Gasteiger partial charge in [0, 0.05) is 18.0 Å². The average molecular weight is 441 g/mol. The largest absolute Gasteiger partial charge is 0.457 e. The number of allylic oxidation sites excluding steroid dienone is 2. The third-order valence-electron chi connectivity index (χ3n) is 5.31. The number of aromatic nitrogens is 1. The van der Waals surface area contributed by atoms with E-state index in [2.05, 4.69) is 11.1 Å². The summed E-state index contributed by atoms with van der Waals surface area (Å²) < 4.78 is 24.4. The maximum atomic E-state index is 13.3. The topological polar surface area (TPSA) is 98.2 Å². The Bertz CT molecular complexity index is 1290. The van der Waals surface area contributed by atoms with Crippen molar-refractivity contribution in [2.24, 2.45) is 5.73 Å². The third kappa shape index (κ3) is 4.60. The molecule has 0 aliphatic carbocycles. The molecule has 1 unspecified atom stereocenters. The molecule has 0 amide bonds. The Hall–Kier alpha value is -4.44. The monoisotopic (exact) mass is 441 g/mol. The van der Waals surface area contributed by atoms with Gasteiger partial charge in [0.25, 0.3) is 0 Å². The van der Waals surface area contributed by atoms with E-state index in [1.807, 2.05) is 30.3 Å². The van der Waals surface area contributed by atoms with Gasteiger partial charge in [-0.3, -0.25) is 4.98 Å². The van der Waals surface area contributed by atoms with Crippen molar-refractivity contribution in [2.45, 2.75) is 19.4 Å². The van der Waals surface area contributed by atoms with Gasteiger partial charge in [0.15, 0.2) is 0 Å². The SMILES string of the molecule is CC1=C(C(=O)OCc2ccccc2)C(c2cncc(-c3ccc(F)cc3)c2)C(C#N)=C(N)O1. The van der Waals surface area contributed by atoms with Gasteiger partial charge < -0.3 is 15.2 Å². The van der Waals surface area contributed by atoms with Gasteiger partial charge in [-0.15, -0.1) is 0 Å². The lowest BCUT2D eigenvalue weighted by Crippen LogP contribution is -2.25. The molecular formula is C26H20FN3O3. The van der Waals surface area contributed by atoms with Crippen LogP contribution in [0.1, 0.15) is 24.0 Å². The van der Waals surface area contributed by atoms with Crippen molar-refractivity contribution in [3.05, 3.63) is 113 Å². The van der Waals surface area contributed by atoms with Crippen LogP contribution in [0.25, 0.3) is 11.1 Å². The van der Waals surface area contributed by atoms with Crippen LogP contribution in [0.15, 0.2) is 95.8 Å². The van der Waals surface area contributed by atoms with Gasteiger partial charge in [-0.25, -0.2) is 9.18 Å². The minimum absolute atomic E-state index is 0.0676. The molecule has 0 fully saturated rings. The van der Waals surface area contributed by atoms with Crippen molar-refractivity contribution in [1.82, 2.24) is 4.98 Å². The molecule has 1 atom stereocenters. The summed E-state index contributed by atoms with van der Waals surface area (Å²) in [6.07, 6.45) is 3.19. The molecule has 164 valence electrons. The first kappa shape index (κ1) is 21.8. The third-order valence-corrected chi connectivity index (χ3v) is 5.31.